The smallest absolute Gasteiger partial charge is 0.220 e. The molecule has 0 aromatic rings. The van der Waals surface area contributed by atoms with Gasteiger partial charge in [0.25, 0.3) is 0 Å². The van der Waals surface area contributed by atoms with E-state index in [0.717, 1.165) is 19.5 Å². The summed E-state index contributed by atoms with van der Waals surface area (Å²) in [5.41, 5.74) is 0. The maximum absolute atomic E-state index is 11.9. The Morgan fingerprint density at radius 3 is 2.45 bits per heavy atom. The third-order valence-corrected chi connectivity index (χ3v) is 6.19. The van der Waals surface area contributed by atoms with E-state index in [1.807, 2.05) is 0 Å². The monoisotopic (exact) mass is 302 g/mol. The van der Waals surface area contributed by atoms with Crippen LogP contribution in [0, 0.1) is 0 Å². The van der Waals surface area contributed by atoms with E-state index in [4.69, 9.17) is 0 Å². The lowest BCUT2D eigenvalue weighted by Gasteiger charge is -2.25. The van der Waals surface area contributed by atoms with Gasteiger partial charge in [-0.1, -0.05) is 0 Å². The molecule has 1 unspecified atom stereocenters. The van der Waals surface area contributed by atoms with Gasteiger partial charge in [0.15, 0.2) is 0 Å². The fourth-order valence-electron chi connectivity index (χ4n) is 3.04. The van der Waals surface area contributed by atoms with E-state index in [2.05, 4.69) is 17.1 Å². The van der Waals surface area contributed by atoms with Gasteiger partial charge < -0.3 is 10.2 Å². The molecule has 0 saturated carbocycles. The van der Waals surface area contributed by atoms with Crippen LogP contribution in [0.15, 0.2) is 0 Å². The molecule has 116 valence electrons. The summed E-state index contributed by atoms with van der Waals surface area (Å²) in [5, 5.41) is 2.98. The molecule has 2 fully saturated rings. The zero-order chi connectivity index (χ0) is 14.6. The number of hydrogen-bond donors (Lipinski definition) is 1. The van der Waals surface area contributed by atoms with Crippen molar-refractivity contribution in [3.05, 3.63) is 0 Å². The first-order valence-electron chi connectivity index (χ1n) is 7.70. The summed E-state index contributed by atoms with van der Waals surface area (Å²) in [4.78, 5) is 14.4. The van der Waals surface area contributed by atoms with Gasteiger partial charge in [0.2, 0.25) is 5.91 Å². The molecule has 0 aromatic heterocycles. The molecular weight excluding hydrogens is 276 g/mol. The molecule has 5 nitrogen and oxygen atoms in total. The van der Waals surface area contributed by atoms with Gasteiger partial charge in [-0.25, -0.2) is 8.42 Å². The lowest BCUT2D eigenvalue weighted by Crippen LogP contribution is -2.41. The average molecular weight is 302 g/mol. The van der Waals surface area contributed by atoms with Crippen LogP contribution in [0.4, 0.5) is 0 Å². The van der Waals surface area contributed by atoms with E-state index in [-0.39, 0.29) is 23.5 Å². The lowest BCUT2D eigenvalue weighted by molar-refractivity contribution is -0.122. The van der Waals surface area contributed by atoms with Crippen molar-refractivity contribution >= 4 is 15.7 Å². The topological polar surface area (TPSA) is 66.5 Å². The van der Waals surface area contributed by atoms with Crippen molar-refractivity contribution in [3.8, 4) is 0 Å². The number of nitrogens with one attached hydrogen (secondary N) is 1. The molecule has 6 heteroatoms. The Morgan fingerprint density at radius 2 is 1.85 bits per heavy atom. The van der Waals surface area contributed by atoms with Gasteiger partial charge in [-0.05, 0) is 52.1 Å². The molecule has 2 saturated heterocycles. The van der Waals surface area contributed by atoms with Gasteiger partial charge in [0.1, 0.15) is 9.84 Å². The van der Waals surface area contributed by atoms with Gasteiger partial charge in [-0.2, -0.15) is 0 Å². The molecule has 2 rings (SSSR count). The first-order valence-corrected chi connectivity index (χ1v) is 9.52. The fraction of sp³-hybridized carbons (Fsp3) is 0.929. The molecule has 2 aliphatic heterocycles. The highest BCUT2D eigenvalue weighted by Crippen LogP contribution is 2.16. The molecule has 1 amide bonds. The van der Waals surface area contributed by atoms with Gasteiger partial charge in [0.05, 0.1) is 11.5 Å². The second-order valence-electron chi connectivity index (χ2n) is 6.12. The minimum absolute atomic E-state index is 0.0492. The van der Waals surface area contributed by atoms with Crippen LogP contribution in [0.3, 0.4) is 0 Å². The number of carbonyl (C=O) groups is 1. The number of hydrogen-bond acceptors (Lipinski definition) is 4. The summed E-state index contributed by atoms with van der Waals surface area (Å²) in [6.07, 6.45) is 5.10. The predicted octanol–water partition coefficient (Wildman–Crippen LogP) is 0.944. The zero-order valence-corrected chi connectivity index (χ0v) is 13.1. The van der Waals surface area contributed by atoms with Crippen molar-refractivity contribution < 1.29 is 13.2 Å². The van der Waals surface area contributed by atoms with Crippen LogP contribution in [0.5, 0.6) is 0 Å². The molecule has 1 atom stereocenters. The van der Waals surface area contributed by atoms with E-state index >= 15 is 0 Å². The normalized spacial score (nSPS) is 25.4. The van der Waals surface area contributed by atoms with Gasteiger partial charge in [-0.15, -0.1) is 0 Å². The summed E-state index contributed by atoms with van der Waals surface area (Å²) in [5.74, 6) is 0.491. The first-order chi connectivity index (χ1) is 9.46. The van der Waals surface area contributed by atoms with E-state index < -0.39 is 9.84 Å². The molecule has 2 heterocycles. The molecule has 2 aliphatic rings. The minimum atomic E-state index is -2.85. The van der Waals surface area contributed by atoms with Crippen molar-refractivity contribution in [2.75, 3.05) is 24.6 Å². The first kappa shape index (κ1) is 15.8. The number of amides is 1. The Balaban J connectivity index is 1.65. The summed E-state index contributed by atoms with van der Waals surface area (Å²) >= 11 is 0. The highest BCUT2D eigenvalue weighted by molar-refractivity contribution is 7.91. The number of likely N-dealkylation sites (tertiary alicyclic amines) is 1. The van der Waals surface area contributed by atoms with Gasteiger partial charge in [-0.3, -0.25) is 4.79 Å². The molecule has 0 radical (unpaired) electrons. The van der Waals surface area contributed by atoms with Crippen LogP contribution in [0.25, 0.3) is 0 Å². The zero-order valence-electron chi connectivity index (χ0n) is 12.3. The lowest BCUT2D eigenvalue weighted by atomic mass is 10.1. The van der Waals surface area contributed by atoms with E-state index in [9.17, 15) is 13.2 Å². The molecular formula is C14H26N2O3S. The van der Waals surface area contributed by atoms with Crippen LogP contribution >= 0.6 is 0 Å². The Hall–Kier alpha value is -0.620. The Kier molecular flexibility index (Phi) is 5.43. The highest BCUT2D eigenvalue weighted by Gasteiger charge is 2.25. The van der Waals surface area contributed by atoms with E-state index in [0.29, 0.717) is 25.3 Å². The quantitative estimate of drug-likeness (QED) is 0.821. The standard InChI is InChI=1S/C14H26N2O3S/c1-12(16-8-2-3-9-16)4-5-14(17)15-13-6-10-20(18,19)11-7-13/h12-13H,2-11H2,1H3,(H,15,17). The second-order valence-corrected chi connectivity index (χ2v) is 8.43. The number of rotatable bonds is 5. The van der Waals surface area contributed by atoms with Crippen molar-refractivity contribution in [3.63, 3.8) is 0 Å². The SMILES string of the molecule is CC(CCC(=O)NC1CCS(=O)(=O)CC1)N1CCCC1. The maximum Gasteiger partial charge on any atom is 0.220 e. The van der Waals surface area contributed by atoms with E-state index in [1.54, 1.807) is 0 Å². The Labute approximate surface area is 122 Å². The van der Waals surface area contributed by atoms with Crippen molar-refractivity contribution in [2.45, 2.75) is 57.5 Å². The summed E-state index contributed by atoms with van der Waals surface area (Å²) in [6.45, 7) is 4.50. The number of nitrogens with zero attached hydrogens (tertiary/aromatic N) is 1. The summed E-state index contributed by atoms with van der Waals surface area (Å²) in [6, 6.07) is 0.517. The molecule has 20 heavy (non-hydrogen) atoms. The van der Waals surface area contributed by atoms with Crippen molar-refractivity contribution in [1.29, 1.82) is 0 Å². The predicted molar refractivity (Wildman–Crippen MR) is 79.3 cm³/mol. The minimum Gasteiger partial charge on any atom is -0.353 e. The Bertz CT molecular complexity index is 416. The fourth-order valence-corrected chi connectivity index (χ4v) is 4.53. The molecule has 0 bridgehead atoms. The number of carbonyl (C=O) groups excluding carboxylic acids is 1. The average Bonchev–Trinajstić information content (AvgIpc) is 2.92. The maximum atomic E-state index is 11.9. The summed E-state index contributed by atoms with van der Waals surface area (Å²) < 4.78 is 22.7. The van der Waals surface area contributed by atoms with Crippen LogP contribution in [0.1, 0.15) is 45.4 Å². The molecule has 0 spiro atoms. The van der Waals surface area contributed by atoms with Crippen LogP contribution < -0.4 is 5.32 Å². The molecule has 0 aromatic carbocycles. The third-order valence-electron chi connectivity index (χ3n) is 4.47. The van der Waals surface area contributed by atoms with Crippen LogP contribution in [-0.2, 0) is 14.6 Å². The largest absolute Gasteiger partial charge is 0.353 e. The molecule has 1 N–H and O–H groups in total. The van der Waals surface area contributed by atoms with Crippen molar-refractivity contribution in [2.24, 2.45) is 0 Å². The summed E-state index contributed by atoms with van der Waals surface area (Å²) in [7, 11) is -2.85. The third kappa shape index (κ3) is 4.74. The van der Waals surface area contributed by atoms with Gasteiger partial charge >= 0.3 is 0 Å². The molecule has 0 aliphatic carbocycles. The van der Waals surface area contributed by atoms with E-state index in [1.165, 1.54) is 12.8 Å². The number of sulfone groups is 1. The van der Waals surface area contributed by atoms with Gasteiger partial charge in [0, 0.05) is 18.5 Å². The van der Waals surface area contributed by atoms with Crippen LogP contribution in [0.2, 0.25) is 0 Å². The highest BCUT2D eigenvalue weighted by atomic mass is 32.2. The van der Waals surface area contributed by atoms with Crippen LogP contribution in [-0.4, -0.2) is 55.9 Å². The Morgan fingerprint density at radius 1 is 1.25 bits per heavy atom. The van der Waals surface area contributed by atoms with Crippen molar-refractivity contribution in [1.82, 2.24) is 10.2 Å². The second kappa shape index (κ2) is 6.89.